The Hall–Kier alpha value is -2.59. The van der Waals surface area contributed by atoms with E-state index in [0.717, 1.165) is 30.4 Å². The molecule has 0 atom stereocenters. The predicted molar refractivity (Wildman–Crippen MR) is 92.8 cm³/mol. The summed E-state index contributed by atoms with van der Waals surface area (Å²) in [7, 11) is 0. The van der Waals surface area contributed by atoms with Crippen LogP contribution in [0.2, 0.25) is 0 Å². The van der Waals surface area contributed by atoms with Crippen LogP contribution in [0.1, 0.15) is 46.8 Å². The highest BCUT2D eigenvalue weighted by molar-refractivity contribution is 6.06. The summed E-state index contributed by atoms with van der Waals surface area (Å²) in [6.45, 7) is 2.16. The fourth-order valence-corrected chi connectivity index (χ4v) is 2.37. The quantitative estimate of drug-likeness (QED) is 0.419. The third kappa shape index (κ3) is 3.96. The van der Waals surface area contributed by atoms with Crippen molar-refractivity contribution in [1.29, 1.82) is 0 Å². The summed E-state index contributed by atoms with van der Waals surface area (Å²) in [5.41, 5.74) is 3.69. The van der Waals surface area contributed by atoms with Gasteiger partial charge in [0.1, 0.15) is 0 Å². The molecule has 0 saturated carbocycles. The third-order valence-corrected chi connectivity index (χ3v) is 3.60. The summed E-state index contributed by atoms with van der Waals surface area (Å²) in [6, 6.07) is 15.3. The molecule has 0 bridgehead atoms. The van der Waals surface area contributed by atoms with E-state index in [1.54, 1.807) is 6.08 Å². The van der Waals surface area contributed by atoms with Crippen LogP contribution in [0.3, 0.4) is 0 Å². The molecule has 2 aromatic carbocycles. The van der Waals surface area contributed by atoms with E-state index in [1.807, 2.05) is 48.5 Å². The second-order valence-electron chi connectivity index (χ2n) is 5.19. The van der Waals surface area contributed by atoms with Crippen LogP contribution in [-0.2, 0) is 6.42 Å². The zero-order valence-corrected chi connectivity index (χ0v) is 12.9. The molecular formula is C21H20O. The highest BCUT2D eigenvalue weighted by Crippen LogP contribution is 2.18. The molecule has 1 nitrogen and oxygen atoms in total. The van der Waals surface area contributed by atoms with Crippen molar-refractivity contribution in [2.45, 2.75) is 26.2 Å². The Bertz CT molecular complexity index is 702. The van der Waals surface area contributed by atoms with Crippen LogP contribution in [0, 0.1) is 12.3 Å². The maximum atomic E-state index is 12.1. The number of ketones is 1. The van der Waals surface area contributed by atoms with Gasteiger partial charge in [-0.3, -0.25) is 4.79 Å². The van der Waals surface area contributed by atoms with Gasteiger partial charge in [-0.1, -0.05) is 67.8 Å². The number of carbonyl (C=O) groups is 1. The monoisotopic (exact) mass is 288 g/mol. The Labute approximate surface area is 132 Å². The van der Waals surface area contributed by atoms with E-state index in [0.29, 0.717) is 5.56 Å². The molecule has 0 aliphatic rings. The number of aryl methyl sites for hydroxylation is 1. The van der Waals surface area contributed by atoms with Crippen molar-refractivity contribution in [3.63, 3.8) is 0 Å². The van der Waals surface area contributed by atoms with E-state index < -0.39 is 0 Å². The summed E-state index contributed by atoms with van der Waals surface area (Å²) >= 11 is 0. The molecule has 0 saturated heterocycles. The fourth-order valence-electron chi connectivity index (χ4n) is 2.37. The van der Waals surface area contributed by atoms with Gasteiger partial charge >= 0.3 is 0 Å². The highest BCUT2D eigenvalue weighted by Gasteiger charge is 2.05. The molecule has 0 spiro atoms. The number of carbonyl (C=O) groups excluding carboxylic acids is 1. The van der Waals surface area contributed by atoms with Crippen LogP contribution in [0.25, 0.3) is 6.08 Å². The van der Waals surface area contributed by atoms with Gasteiger partial charge in [-0.2, -0.15) is 0 Å². The number of allylic oxidation sites excluding steroid dienone is 1. The first-order valence-corrected chi connectivity index (χ1v) is 7.62. The van der Waals surface area contributed by atoms with E-state index >= 15 is 0 Å². The fraction of sp³-hybridized carbons (Fsp3) is 0.190. The molecule has 0 unspecified atom stereocenters. The molecule has 110 valence electrons. The van der Waals surface area contributed by atoms with Crippen LogP contribution in [0.15, 0.2) is 54.6 Å². The number of unbranched alkanes of at least 4 members (excludes halogenated alkanes) is 1. The SMILES string of the molecule is C#Cc1c(C=CC(=O)c2ccccc2)cccc1CCCC. The lowest BCUT2D eigenvalue weighted by molar-refractivity contribution is 0.104. The summed E-state index contributed by atoms with van der Waals surface area (Å²) in [6.07, 6.45) is 12.3. The van der Waals surface area contributed by atoms with E-state index in [2.05, 4.69) is 18.9 Å². The molecule has 0 aromatic heterocycles. The molecule has 22 heavy (non-hydrogen) atoms. The lowest BCUT2D eigenvalue weighted by atomic mass is 9.97. The molecule has 2 aromatic rings. The van der Waals surface area contributed by atoms with Crippen LogP contribution in [0.4, 0.5) is 0 Å². The van der Waals surface area contributed by atoms with Gasteiger partial charge < -0.3 is 0 Å². The Morgan fingerprint density at radius 3 is 2.59 bits per heavy atom. The Balaban J connectivity index is 2.24. The third-order valence-electron chi connectivity index (χ3n) is 3.60. The van der Waals surface area contributed by atoms with Gasteiger partial charge in [-0.25, -0.2) is 0 Å². The standard InChI is InChI=1S/C21H20O/c1-3-5-10-17-13-9-14-18(20(17)4-2)15-16-21(22)19-11-7-6-8-12-19/h2,6-9,11-16H,3,5,10H2,1H3. The summed E-state index contributed by atoms with van der Waals surface area (Å²) in [4.78, 5) is 12.1. The first-order chi connectivity index (χ1) is 10.8. The normalized spacial score (nSPS) is 10.5. The van der Waals surface area contributed by atoms with Crippen molar-refractivity contribution < 1.29 is 4.79 Å². The molecule has 0 heterocycles. The summed E-state index contributed by atoms with van der Waals surface area (Å²) in [5.74, 6) is 2.76. The van der Waals surface area contributed by atoms with E-state index in [9.17, 15) is 4.79 Å². The number of benzene rings is 2. The van der Waals surface area contributed by atoms with E-state index in [4.69, 9.17) is 6.42 Å². The van der Waals surface area contributed by atoms with Gasteiger partial charge in [0.25, 0.3) is 0 Å². The lowest BCUT2D eigenvalue weighted by Crippen LogP contribution is -1.95. The molecule has 0 aliphatic carbocycles. The van der Waals surface area contributed by atoms with Crippen molar-refractivity contribution in [3.05, 3.63) is 76.9 Å². The Morgan fingerprint density at radius 1 is 1.14 bits per heavy atom. The second-order valence-corrected chi connectivity index (χ2v) is 5.19. The smallest absolute Gasteiger partial charge is 0.185 e. The average Bonchev–Trinajstić information content (AvgIpc) is 2.58. The Kier molecular flexibility index (Phi) is 5.74. The lowest BCUT2D eigenvalue weighted by Gasteiger charge is -2.07. The van der Waals surface area contributed by atoms with Crippen LogP contribution in [-0.4, -0.2) is 5.78 Å². The predicted octanol–water partition coefficient (Wildman–Crippen LogP) is 4.91. The minimum Gasteiger partial charge on any atom is -0.289 e. The van der Waals surface area contributed by atoms with Gasteiger partial charge in [-0.05, 0) is 36.1 Å². The van der Waals surface area contributed by atoms with Gasteiger partial charge in [0.15, 0.2) is 5.78 Å². The Morgan fingerprint density at radius 2 is 1.91 bits per heavy atom. The van der Waals surface area contributed by atoms with Crippen molar-refractivity contribution in [3.8, 4) is 12.3 Å². The maximum Gasteiger partial charge on any atom is 0.185 e. The van der Waals surface area contributed by atoms with Gasteiger partial charge in [-0.15, -0.1) is 6.42 Å². The van der Waals surface area contributed by atoms with Crippen LogP contribution in [0.5, 0.6) is 0 Å². The number of rotatable bonds is 6. The molecular weight excluding hydrogens is 268 g/mol. The van der Waals surface area contributed by atoms with Gasteiger partial charge in [0.05, 0.1) is 0 Å². The number of terminal acetylenes is 1. The summed E-state index contributed by atoms with van der Waals surface area (Å²) < 4.78 is 0. The van der Waals surface area contributed by atoms with E-state index in [1.165, 1.54) is 5.56 Å². The molecule has 0 radical (unpaired) electrons. The van der Waals surface area contributed by atoms with E-state index in [-0.39, 0.29) is 5.78 Å². The molecule has 1 heteroatoms. The minimum absolute atomic E-state index is 0.0115. The molecule has 0 fully saturated rings. The first-order valence-electron chi connectivity index (χ1n) is 7.62. The maximum absolute atomic E-state index is 12.1. The summed E-state index contributed by atoms with van der Waals surface area (Å²) in [5, 5.41) is 0. The van der Waals surface area contributed by atoms with Crippen LogP contribution >= 0.6 is 0 Å². The van der Waals surface area contributed by atoms with Gasteiger partial charge in [0, 0.05) is 11.1 Å². The van der Waals surface area contributed by atoms with Crippen molar-refractivity contribution in [2.24, 2.45) is 0 Å². The number of hydrogen-bond acceptors (Lipinski definition) is 1. The zero-order valence-electron chi connectivity index (χ0n) is 12.9. The second kappa shape index (κ2) is 8.00. The van der Waals surface area contributed by atoms with Crippen molar-refractivity contribution >= 4 is 11.9 Å². The van der Waals surface area contributed by atoms with Gasteiger partial charge in [0.2, 0.25) is 0 Å². The molecule has 0 N–H and O–H groups in total. The molecule has 0 aliphatic heterocycles. The molecule has 0 amide bonds. The first kappa shape index (κ1) is 15.8. The zero-order chi connectivity index (χ0) is 15.8. The number of hydrogen-bond donors (Lipinski definition) is 0. The highest BCUT2D eigenvalue weighted by atomic mass is 16.1. The van der Waals surface area contributed by atoms with Crippen LogP contribution < -0.4 is 0 Å². The van der Waals surface area contributed by atoms with Crippen molar-refractivity contribution in [2.75, 3.05) is 0 Å². The molecule has 2 rings (SSSR count). The largest absolute Gasteiger partial charge is 0.289 e. The average molecular weight is 288 g/mol. The minimum atomic E-state index is -0.0115. The van der Waals surface area contributed by atoms with Crippen molar-refractivity contribution in [1.82, 2.24) is 0 Å². The topological polar surface area (TPSA) is 17.1 Å².